The first-order valence-corrected chi connectivity index (χ1v) is 10.9. The van der Waals surface area contributed by atoms with Crippen molar-refractivity contribution in [2.24, 2.45) is 16.6 Å². The lowest BCUT2D eigenvalue weighted by Crippen LogP contribution is -2.49. The highest BCUT2D eigenvalue weighted by Crippen LogP contribution is 2.47. The van der Waals surface area contributed by atoms with Gasteiger partial charge in [-0.05, 0) is 25.5 Å². The molecule has 1 saturated heterocycles. The molecule has 1 unspecified atom stereocenters. The minimum Gasteiger partial charge on any atom is -0.379 e. The lowest BCUT2D eigenvalue weighted by atomic mass is 9.80. The minimum atomic E-state index is -0.723. The zero-order valence-electron chi connectivity index (χ0n) is 15.7. The molecule has 3 aliphatic rings. The van der Waals surface area contributed by atoms with Gasteiger partial charge in [0.15, 0.2) is 5.17 Å². The smallest absolute Gasteiger partial charge is 0.258 e. The molecule has 0 aromatic carbocycles. The number of thiazole rings is 1. The lowest BCUT2D eigenvalue weighted by Gasteiger charge is -2.44. The summed E-state index contributed by atoms with van der Waals surface area (Å²) in [5.41, 5.74) is 5.90. The summed E-state index contributed by atoms with van der Waals surface area (Å²) in [5, 5.41) is 15.7. The molecule has 0 bridgehead atoms. The molecular formula is C18H23N5O3S2. The van der Waals surface area contributed by atoms with Crippen molar-refractivity contribution in [1.29, 1.82) is 0 Å². The number of aliphatic hydroxyl groups is 1. The number of thioether (sulfide) groups is 1. The van der Waals surface area contributed by atoms with E-state index < -0.39 is 11.8 Å². The number of aliphatic imine (C=N–C) groups is 1. The molecule has 0 spiro atoms. The molecule has 4 heterocycles. The zero-order valence-corrected chi connectivity index (χ0v) is 17.3. The van der Waals surface area contributed by atoms with Crippen LogP contribution in [0.4, 0.5) is 5.82 Å². The Morgan fingerprint density at radius 2 is 2.36 bits per heavy atom. The Bertz CT molecular complexity index is 867. The highest BCUT2D eigenvalue weighted by Gasteiger charge is 2.49. The van der Waals surface area contributed by atoms with E-state index in [1.54, 1.807) is 42.1 Å². The summed E-state index contributed by atoms with van der Waals surface area (Å²) in [6.07, 6.45) is 5.12. The lowest BCUT2D eigenvalue weighted by molar-refractivity contribution is -0.112. The van der Waals surface area contributed by atoms with Gasteiger partial charge in [-0.1, -0.05) is 11.8 Å². The zero-order chi connectivity index (χ0) is 19.9. The van der Waals surface area contributed by atoms with E-state index in [1.807, 2.05) is 5.38 Å². The topological polar surface area (TPSA) is 113 Å². The van der Waals surface area contributed by atoms with Gasteiger partial charge in [0.05, 0.1) is 18.3 Å². The average molecular weight is 422 g/mol. The van der Waals surface area contributed by atoms with E-state index in [0.29, 0.717) is 29.1 Å². The van der Waals surface area contributed by atoms with E-state index in [9.17, 15) is 9.90 Å². The summed E-state index contributed by atoms with van der Waals surface area (Å²) in [4.78, 5) is 23.5. The van der Waals surface area contributed by atoms with Gasteiger partial charge in [-0.3, -0.25) is 4.79 Å². The van der Waals surface area contributed by atoms with Crippen molar-refractivity contribution in [2.75, 3.05) is 24.7 Å². The van der Waals surface area contributed by atoms with E-state index in [-0.39, 0.29) is 12.0 Å². The molecule has 4 rings (SSSR count). The van der Waals surface area contributed by atoms with Gasteiger partial charge in [-0.25, -0.2) is 9.98 Å². The molecule has 10 heteroatoms. The number of aromatic nitrogens is 1. The van der Waals surface area contributed by atoms with Gasteiger partial charge in [-0.15, -0.1) is 11.3 Å². The van der Waals surface area contributed by atoms with Crippen molar-refractivity contribution in [3.05, 3.63) is 34.3 Å². The van der Waals surface area contributed by atoms with Crippen LogP contribution in [0.2, 0.25) is 0 Å². The maximum Gasteiger partial charge on any atom is 0.258 e. The quantitative estimate of drug-likeness (QED) is 0.677. The fourth-order valence-corrected chi connectivity index (χ4v) is 5.57. The third-order valence-corrected chi connectivity index (χ3v) is 7.17. The van der Waals surface area contributed by atoms with Crippen molar-refractivity contribution in [2.45, 2.75) is 31.2 Å². The van der Waals surface area contributed by atoms with Crippen molar-refractivity contribution < 1.29 is 14.6 Å². The van der Waals surface area contributed by atoms with Crippen molar-refractivity contribution >= 4 is 40.0 Å². The predicted octanol–water partition coefficient (Wildman–Crippen LogP) is 1.47. The summed E-state index contributed by atoms with van der Waals surface area (Å²) in [6, 6.07) is 0. The maximum atomic E-state index is 12.5. The Morgan fingerprint density at radius 1 is 1.54 bits per heavy atom. The number of amidine groups is 1. The Balaban J connectivity index is 1.55. The van der Waals surface area contributed by atoms with Crippen LogP contribution in [0.1, 0.15) is 18.4 Å². The van der Waals surface area contributed by atoms with Gasteiger partial charge >= 0.3 is 0 Å². The largest absolute Gasteiger partial charge is 0.379 e. The molecule has 150 valence electrons. The van der Waals surface area contributed by atoms with Crippen LogP contribution < -0.4 is 11.1 Å². The number of anilines is 1. The number of aliphatic hydroxyl groups excluding tert-OH is 1. The SMILES string of the molecule is C[C@H]1C[C@H]2CSC(N)=N[C@@]2(c2nc(NC(=O)C3=CN(C)C(O)C=C3)cs2)CO1. The second kappa shape index (κ2) is 7.51. The second-order valence-electron chi connectivity index (χ2n) is 7.25. The average Bonchev–Trinajstić information content (AvgIpc) is 3.13. The number of hydrogen-bond donors (Lipinski definition) is 3. The van der Waals surface area contributed by atoms with Gasteiger partial charge in [0.1, 0.15) is 22.6 Å². The molecule has 0 saturated carbocycles. The fourth-order valence-electron chi connectivity index (χ4n) is 3.60. The molecule has 1 fully saturated rings. The summed E-state index contributed by atoms with van der Waals surface area (Å²) in [5.74, 6) is 1.38. The van der Waals surface area contributed by atoms with Gasteiger partial charge < -0.3 is 25.8 Å². The molecule has 3 aliphatic heterocycles. The number of rotatable bonds is 3. The van der Waals surface area contributed by atoms with Gasteiger partial charge in [0.25, 0.3) is 5.91 Å². The summed E-state index contributed by atoms with van der Waals surface area (Å²) < 4.78 is 5.92. The highest BCUT2D eigenvalue weighted by molar-refractivity contribution is 8.13. The Kier molecular flexibility index (Phi) is 5.21. The van der Waals surface area contributed by atoms with Crippen LogP contribution in [0.15, 0.2) is 34.3 Å². The first-order chi connectivity index (χ1) is 13.4. The first kappa shape index (κ1) is 19.4. The summed E-state index contributed by atoms with van der Waals surface area (Å²) >= 11 is 3.03. The number of hydrogen-bond acceptors (Lipinski definition) is 9. The number of likely N-dealkylation sites (N-methyl/N-ethyl adjacent to an activating group) is 1. The van der Waals surface area contributed by atoms with Crippen LogP contribution in [0.5, 0.6) is 0 Å². The van der Waals surface area contributed by atoms with Crippen LogP contribution in [-0.2, 0) is 15.1 Å². The van der Waals surface area contributed by atoms with E-state index >= 15 is 0 Å². The number of nitrogens with zero attached hydrogens (tertiary/aromatic N) is 3. The van der Waals surface area contributed by atoms with E-state index in [4.69, 9.17) is 15.5 Å². The number of nitrogens with two attached hydrogens (primary N) is 1. The Hall–Kier alpha value is -1.88. The van der Waals surface area contributed by atoms with Crippen molar-refractivity contribution in [3.63, 3.8) is 0 Å². The van der Waals surface area contributed by atoms with Crippen molar-refractivity contribution in [3.8, 4) is 0 Å². The molecule has 28 heavy (non-hydrogen) atoms. The normalized spacial score (nSPS) is 32.4. The van der Waals surface area contributed by atoms with Gasteiger partial charge in [0.2, 0.25) is 0 Å². The number of nitrogens with one attached hydrogen (secondary N) is 1. The number of carbonyl (C=O) groups is 1. The molecule has 1 aromatic heterocycles. The molecule has 0 radical (unpaired) electrons. The molecule has 1 amide bonds. The Labute approximate surface area is 171 Å². The van der Waals surface area contributed by atoms with Crippen LogP contribution >= 0.6 is 23.1 Å². The number of fused-ring (bicyclic) bond motifs is 1. The van der Waals surface area contributed by atoms with Crippen LogP contribution in [0.3, 0.4) is 0 Å². The second-order valence-corrected chi connectivity index (χ2v) is 9.15. The monoisotopic (exact) mass is 421 g/mol. The predicted molar refractivity (Wildman–Crippen MR) is 111 cm³/mol. The molecule has 4 N–H and O–H groups in total. The Morgan fingerprint density at radius 3 is 3.14 bits per heavy atom. The minimum absolute atomic E-state index is 0.185. The molecule has 1 aromatic rings. The van der Waals surface area contributed by atoms with E-state index in [0.717, 1.165) is 17.2 Å². The summed E-state index contributed by atoms with van der Waals surface area (Å²) in [6.45, 7) is 2.51. The number of carbonyl (C=O) groups excluding carboxylic acids is 1. The standard InChI is InChI=1S/C18H23N5O3S2/c1-10-5-12-7-28-17(19)22-18(12,9-26-10)16-21-13(8-27-16)20-15(25)11-3-4-14(24)23(2)6-11/h3-4,6,8,10,12,14,24H,5,7,9H2,1-2H3,(H2,19,22)(H,20,25)/t10-,12-,14?,18-/m0/s1. The number of amides is 1. The highest BCUT2D eigenvalue weighted by atomic mass is 32.2. The molecule has 8 nitrogen and oxygen atoms in total. The van der Waals surface area contributed by atoms with E-state index in [2.05, 4.69) is 17.2 Å². The van der Waals surface area contributed by atoms with Gasteiger partial charge in [0, 0.05) is 30.3 Å². The maximum absolute atomic E-state index is 12.5. The van der Waals surface area contributed by atoms with Gasteiger partial charge in [-0.2, -0.15) is 0 Å². The third-order valence-electron chi connectivity index (χ3n) is 5.21. The van der Waals surface area contributed by atoms with Crippen LogP contribution in [-0.4, -0.2) is 57.8 Å². The first-order valence-electron chi connectivity index (χ1n) is 9.04. The van der Waals surface area contributed by atoms with Crippen LogP contribution in [0.25, 0.3) is 0 Å². The summed E-state index contributed by atoms with van der Waals surface area (Å²) in [7, 11) is 1.70. The number of ether oxygens (including phenoxy) is 1. The third kappa shape index (κ3) is 3.57. The molecule has 0 aliphatic carbocycles. The fraction of sp³-hybridized carbons (Fsp3) is 0.500. The molecular weight excluding hydrogens is 398 g/mol. The molecule has 4 atom stereocenters. The van der Waals surface area contributed by atoms with Crippen molar-refractivity contribution in [1.82, 2.24) is 9.88 Å². The van der Waals surface area contributed by atoms with E-state index in [1.165, 1.54) is 11.3 Å². The van der Waals surface area contributed by atoms with Crippen LogP contribution in [0, 0.1) is 5.92 Å².